The Morgan fingerprint density at radius 3 is 2.63 bits per heavy atom. The van der Waals surface area contributed by atoms with Crippen molar-refractivity contribution in [3.8, 4) is 6.07 Å². The standard InChI is InChI=1S/C12H15ClN2O3S/c1-9(8-18-3)15(2)19(16,17)11-5-4-10(7-14)12(13)6-11/h4-6,9H,8H2,1-3H3. The van der Waals surface area contributed by atoms with Crippen molar-refractivity contribution in [3.63, 3.8) is 0 Å². The molecule has 1 aromatic carbocycles. The highest BCUT2D eigenvalue weighted by Gasteiger charge is 2.25. The van der Waals surface area contributed by atoms with Crippen molar-refractivity contribution in [2.24, 2.45) is 0 Å². The minimum atomic E-state index is -3.65. The number of methoxy groups -OCH3 is 1. The minimum absolute atomic E-state index is 0.0574. The van der Waals surface area contributed by atoms with Gasteiger partial charge in [-0.2, -0.15) is 9.57 Å². The molecular formula is C12H15ClN2O3S. The zero-order valence-electron chi connectivity index (χ0n) is 10.9. The maximum absolute atomic E-state index is 12.3. The highest BCUT2D eigenvalue weighted by Crippen LogP contribution is 2.23. The summed E-state index contributed by atoms with van der Waals surface area (Å²) >= 11 is 5.85. The third-order valence-corrected chi connectivity index (χ3v) is 5.05. The van der Waals surface area contributed by atoms with Crippen LogP contribution in [0.2, 0.25) is 5.02 Å². The lowest BCUT2D eigenvalue weighted by Crippen LogP contribution is -2.37. The molecule has 0 aromatic heterocycles. The van der Waals surface area contributed by atoms with E-state index >= 15 is 0 Å². The van der Waals surface area contributed by atoms with Crippen molar-refractivity contribution in [1.82, 2.24) is 4.31 Å². The first-order chi connectivity index (χ1) is 8.84. The molecule has 0 amide bonds. The number of ether oxygens (including phenoxy) is 1. The van der Waals surface area contributed by atoms with Gasteiger partial charge in [0.05, 0.1) is 22.1 Å². The smallest absolute Gasteiger partial charge is 0.243 e. The van der Waals surface area contributed by atoms with E-state index in [9.17, 15) is 8.42 Å². The lowest BCUT2D eigenvalue weighted by Gasteiger charge is -2.23. The Kier molecular flexibility index (Phi) is 5.32. The minimum Gasteiger partial charge on any atom is -0.383 e. The monoisotopic (exact) mass is 302 g/mol. The number of nitriles is 1. The van der Waals surface area contributed by atoms with Crippen molar-refractivity contribution >= 4 is 21.6 Å². The van der Waals surface area contributed by atoms with Gasteiger partial charge in [-0.05, 0) is 25.1 Å². The lowest BCUT2D eigenvalue weighted by molar-refractivity contribution is 0.149. The second kappa shape index (κ2) is 6.35. The van der Waals surface area contributed by atoms with Gasteiger partial charge in [0.25, 0.3) is 0 Å². The fourth-order valence-corrected chi connectivity index (χ4v) is 3.16. The van der Waals surface area contributed by atoms with Crippen LogP contribution in [0.25, 0.3) is 0 Å². The maximum Gasteiger partial charge on any atom is 0.243 e. The van der Waals surface area contributed by atoms with E-state index < -0.39 is 10.0 Å². The average Bonchev–Trinajstić information content (AvgIpc) is 2.37. The fraction of sp³-hybridized carbons (Fsp3) is 0.417. The Labute approximate surface area is 118 Å². The van der Waals surface area contributed by atoms with Gasteiger partial charge in [0.1, 0.15) is 6.07 Å². The number of likely N-dealkylation sites (N-methyl/N-ethyl adjacent to an activating group) is 1. The van der Waals surface area contributed by atoms with Crippen molar-refractivity contribution in [2.75, 3.05) is 20.8 Å². The van der Waals surface area contributed by atoms with Gasteiger partial charge in [-0.25, -0.2) is 8.42 Å². The Balaban J connectivity index is 3.14. The highest BCUT2D eigenvalue weighted by atomic mass is 35.5. The SMILES string of the molecule is COCC(C)N(C)S(=O)(=O)c1ccc(C#N)c(Cl)c1. The number of rotatable bonds is 5. The summed E-state index contributed by atoms with van der Waals surface area (Å²) in [6.45, 7) is 2.03. The number of nitrogens with zero attached hydrogens (tertiary/aromatic N) is 2. The molecule has 0 bridgehead atoms. The molecule has 1 aromatic rings. The molecular weight excluding hydrogens is 288 g/mol. The summed E-state index contributed by atoms with van der Waals surface area (Å²) in [6.07, 6.45) is 0. The third-order valence-electron chi connectivity index (χ3n) is 2.77. The molecule has 104 valence electrons. The Hall–Kier alpha value is -1.13. The number of hydrogen-bond acceptors (Lipinski definition) is 4. The van der Waals surface area contributed by atoms with Gasteiger partial charge in [-0.1, -0.05) is 11.6 Å². The lowest BCUT2D eigenvalue weighted by atomic mass is 10.2. The molecule has 19 heavy (non-hydrogen) atoms. The van der Waals surface area contributed by atoms with Crippen molar-refractivity contribution in [1.29, 1.82) is 5.26 Å². The van der Waals surface area contributed by atoms with Crippen molar-refractivity contribution in [2.45, 2.75) is 17.9 Å². The molecule has 0 fully saturated rings. The predicted molar refractivity (Wildman–Crippen MR) is 72.5 cm³/mol. The summed E-state index contributed by atoms with van der Waals surface area (Å²) in [6, 6.07) is 5.63. The second-order valence-corrected chi connectivity index (χ2v) is 6.48. The first-order valence-electron chi connectivity index (χ1n) is 5.51. The van der Waals surface area contributed by atoms with Crippen LogP contribution in [0.15, 0.2) is 23.1 Å². The van der Waals surface area contributed by atoms with E-state index in [1.165, 1.54) is 36.7 Å². The molecule has 0 saturated heterocycles. The molecule has 0 saturated carbocycles. The molecule has 1 rings (SSSR count). The van der Waals surface area contributed by atoms with Gasteiger partial charge < -0.3 is 4.74 Å². The Morgan fingerprint density at radius 2 is 2.16 bits per heavy atom. The zero-order valence-corrected chi connectivity index (χ0v) is 12.5. The molecule has 7 heteroatoms. The van der Waals surface area contributed by atoms with Crippen LogP contribution in [0.3, 0.4) is 0 Å². The van der Waals surface area contributed by atoms with Gasteiger partial charge >= 0.3 is 0 Å². The Morgan fingerprint density at radius 1 is 1.53 bits per heavy atom. The second-order valence-electron chi connectivity index (χ2n) is 4.08. The number of hydrogen-bond donors (Lipinski definition) is 0. The van der Waals surface area contributed by atoms with E-state index in [2.05, 4.69) is 0 Å². The van der Waals surface area contributed by atoms with Gasteiger partial charge in [0.2, 0.25) is 10.0 Å². The van der Waals surface area contributed by atoms with E-state index in [1.807, 2.05) is 6.07 Å². The van der Waals surface area contributed by atoms with E-state index in [4.69, 9.17) is 21.6 Å². The van der Waals surface area contributed by atoms with Gasteiger partial charge in [0.15, 0.2) is 0 Å². The first-order valence-corrected chi connectivity index (χ1v) is 7.33. The summed E-state index contributed by atoms with van der Waals surface area (Å²) in [4.78, 5) is 0.0574. The largest absolute Gasteiger partial charge is 0.383 e. The molecule has 0 N–H and O–H groups in total. The molecule has 1 unspecified atom stereocenters. The summed E-state index contributed by atoms with van der Waals surface area (Å²) in [5, 5.41) is 8.89. The van der Waals surface area contributed by atoms with Gasteiger partial charge in [-0.15, -0.1) is 0 Å². The number of sulfonamides is 1. The Bertz CT molecular complexity index is 595. The van der Waals surface area contributed by atoms with Crippen LogP contribution in [-0.4, -0.2) is 39.5 Å². The zero-order chi connectivity index (χ0) is 14.6. The average molecular weight is 303 g/mol. The van der Waals surface area contributed by atoms with Crippen LogP contribution in [0.1, 0.15) is 12.5 Å². The van der Waals surface area contributed by atoms with Crippen LogP contribution >= 0.6 is 11.6 Å². The third kappa shape index (κ3) is 3.45. The quantitative estimate of drug-likeness (QED) is 0.832. The molecule has 0 aliphatic carbocycles. The van der Waals surface area contributed by atoms with Crippen LogP contribution in [0.5, 0.6) is 0 Å². The fourth-order valence-electron chi connectivity index (χ4n) is 1.50. The molecule has 0 aliphatic rings. The topological polar surface area (TPSA) is 70.4 Å². The van der Waals surface area contributed by atoms with E-state index in [-0.39, 0.29) is 21.5 Å². The van der Waals surface area contributed by atoms with Crippen LogP contribution in [-0.2, 0) is 14.8 Å². The predicted octanol–water partition coefficient (Wildman–Crippen LogP) is 1.87. The van der Waals surface area contributed by atoms with E-state index in [0.29, 0.717) is 6.61 Å². The van der Waals surface area contributed by atoms with Crippen molar-refractivity contribution < 1.29 is 13.2 Å². The summed E-state index contributed by atoms with van der Waals surface area (Å²) < 4.78 is 30.8. The number of halogens is 1. The molecule has 5 nitrogen and oxygen atoms in total. The summed E-state index contributed by atoms with van der Waals surface area (Å²) in [7, 11) is -0.662. The first kappa shape index (κ1) is 15.9. The number of benzene rings is 1. The van der Waals surface area contributed by atoms with E-state index in [0.717, 1.165) is 0 Å². The molecule has 0 spiro atoms. The summed E-state index contributed by atoms with van der Waals surface area (Å²) in [5.74, 6) is 0. The van der Waals surface area contributed by atoms with Crippen LogP contribution in [0.4, 0.5) is 0 Å². The summed E-state index contributed by atoms with van der Waals surface area (Å²) in [5.41, 5.74) is 0.244. The van der Waals surface area contributed by atoms with Gasteiger partial charge in [-0.3, -0.25) is 0 Å². The molecule has 0 heterocycles. The van der Waals surface area contributed by atoms with Crippen LogP contribution < -0.4 is 0 Å². The highest BCUT2D eigenvalue weighted by molar-refractivity contribution is 7.89. The molecule has 1 atom stereocenters. The molecule has 0 aliphatic heterocycles. The maximum atomic E-state index is 12.3. The van der Waals surface area contributed by atoms with E-state index in [1.54, 1.807) is 6.92 Å². The van der Waals surface area contributed by atoms with Crippen LogP contribution in [0, 0.1) is 11.3 Å². The normalized spacial score (nSPS) is 13.3. The van der Waals surface area contributed by atoms with Gasteiger partial charge in [0, 0.05) is 20.2 Å². The molecule has 0 radical (unpaired) electrons. The van der Waals surface area contributed by atoms with Crippen molar-refractivity contribution in [3.05, 3.63) is 28.8 Å².